The predicted octanol–water partition coefficient (Wildman–Crippen LogP) is 2.30. The van der Waals surface area contributed by atoms with Crippen LogP contribution in [0.25, 0.3) is 16.7 Å². The zero-order valence-corrected chi connectivity index (χ0v) is 21.7. The normalized spacial score (nSPS) is 23.7. The second-order valence-corrected chi connectivity index (χ2v) is 10.3. The van der Waals surface area contributed by atoms with Crippen LogP contribution >= 0.6 is 0 Å². The minimum Gasteiger partial charge on any atom is -0.467 e. The van der Waals surface area contributed by atoms with E-state index < -0.39 is 0 Å². The number of aliphatic hydroxyl groups excluding tert-OH is 1. The number of morpholine rings is 1. The smallest absolute Gasteiger partial charge is 0.320 e. The molecule has 1 unspecified atom stereocenters. The number of ether oxygens (including phenoxy) is 3. The van der Waals surface area contributed by atoms with Gasteiger partial charge >= 0.3 is 6.01 Å². The highest BCUT2D eigenvalue weighted by Crippen LogP contribution is 2.35. The number of hydrogen-bond donors (Lipinski definition) is 1. The number of nitrogens with zero attached hydrogens (tertiary/aromatic N) is 6. The molecule has 2 atom stereocenters. The van der Waals surface area contributed by atoms with Crippen molar-refractivity contribution in [1.82, 2.24) is 24.6 Å². The van der Waals surface area contributed by atoms with Crippen molar-refractivity contribution in [2.45, 2.75) is 44.2 Å². The molecule has 3 saturated heterocycles. The molecule has 37 heavy (non-hydrogen) atoms. The molecule has 3 aromatic rings. The molecule has 0 aliphatic carbocycles. The number of fused-ring (bicyclic) bond motifs is 1. The van der Waals surface area contributed by atoms with Crippen LogP contribution in [0.3, 0.4) is 0 Å². The predicted molar refractivity (Wildman–Crippen MR) is 140 cm³/mol. The topological polar surface area (TPSA) is 98.0 Å². The fourth-order valence-electron chi connectivity index (χ4n) is 6.01. The first-order valence-electron chi connectivity index (χ1n) is 13.3. The molecule has 0 spiro atoms. The van der Waals surface area contributed by atoms with Crippen molar-refractivity contribution in [2.24, 2.45) is 0 Å². The van der Waals surface area contributed by atoms with Gasteiger partial charge < -0.3 is 24.2 Å². The summed E-state index contributed by atoms with van der Waals surface area (Å²) in [4.78, 5) is 13.9. The average molecular weight is 509 g/mol. The van der Waals surface area contributed by atoms with Crippen LogP contribution in [0.1, 0.15) is 36.3 Å². The lowest BCUT2D eigenvalue weighted by molar-refractivity contribution is 0.00333. The molecular formula is C27H36N6O4. The molecule has 0 radical (unpaired) electrons. The first-order chi connectivity index (χ1) is 18.1. The molecule has 1 N–H and O–H groups in total. The quantitative estimate of drug-likeness (QED) is 0.538. The van der Waals surface area contributed by atoms with E-state index in [-0.39, 0.29) is 12.7 Å². The van der Waals surface area contributed by atoms with Crippen LogP contribution in [-0.2, 0) is 9.47 Å². The summed E-state index contributed by atoms with van der Waals surface area (Å²) in [5.74, 6) is 1.93. The molecule has 0 bridgehead atoms. The van der Waals surface area contributed by atoms with Gasteiger partial charge in [0.15, 0.2) is 5.82 Å². The molecular weight excluding hydrogens is 472 g/mol. The fraction of sp³-hybridized carbons (Fsp3) is 0.593. The standard InChI is InChI=1S/C27H36N6O4/c1-18-11-20-14-28-33(24(20)12-23(18)19-3-6-31(7-4-19)21-5-9-36-17-21)26-13-25(29-27(30-26)35-2)32-8-10-37-22(15-32)16-34/h11-14,19,21-22,34H,3-10,15-17H2,1-2H3/t21?,22-/m0/s1. The van der Waals surface area contributed by atoms with Crippen molar-refractivity contribution in [2.75, 3.05) is 64.6 Å². The van der Waals surface area contributed by atoms with Crippen molar-refractivity contribution >= 4 is 16.7 Å². The third-order valence-corrected chi connectivity index (χ3v) is 8.09. The third-order valence-electron chi connectivity index (χ3n) is 8.09. The second-order valence-electron chi connectivity index (χ2n) is 10.3. The number of aliphatic hydroxyl groups is 1. The van der Waals surface area contributed by atoms with Gasteiger partial charge in [0.2, 0.25) is 0 Å². The Bertz CT molecular complexity index is 1240. The Morgan fingerprint density at radius 2 is 1.89 bits per heavy atom. The zero-order chi connectivity index (χ0) is 25.4. The monoisotopic (exact) mass is 508 g/mol. The van der Waals surface area contributed by atoms with Gasteiger partial charge in [-0.05, 0) is 68.5 Å². The lowest BCUT2D eigenvalue weighted by Gasteiger charge is -2.36. The summed E-state index contributed by atoms with van der Waals surface area (Å²) in [5, 5.41) is 15.4. The van der Waals surface area contributed by atoms with E-state index in [0.717, 1.165) is 62.3 Å². The number of rotatable bonds is 6. The summed E-state index contributed by atoms with van der Waals surface area (Å²) in [6.07, 6.45) is 5.14. The van der Waals surface area contributed by atoms with Gasteiger partial charge in [0.25, 0.3) is 0 Å². The largest absolute Gasteiger partial charge is 0.467 e. The van der Waals surface area contributed by atoms with E-state index >= 15 is 0 Å². The Kier molecular flexibility index (Phi) is 6.98. The number of anilines is 1. The summed E-state index contributed by atoms with van der Waals surface area (Å²) in [7, 11) is 1.57. The van der Waals surface area contributed by atoms with E-state index in [1.807, 2.05) is 16.9 Å². The fourth-order valence-corrected chi connectivity index (χ4v) is 6.01. The number of benzene rings is 1. The SMILES string of the molecule is COc1nc(N2CCO[C@H](CO)C2)cc(-n2ncc3cc(C)c(C4CCN(C5CCOC5)CC4)cc32)n1. The lowest BCUT2D eigenvalue weighted by Crippen LogP contribution is -2.44. The van der Waals surface area contributed by atoms with Crippen molar-refractivity contribution < 1.29 is 19.3 Å². The van der Waals surface area contributed by atoms with Gasteiger partial charge in [-0.1, -0.05) is 0 Å². The van der Waals surface area contributed by atoms with Gasteiger partial charge in [-0.15, -0.1) is 0 Å². The van der Waals surface area contributed by atoms with Crippen molar-refractivity contribution in [3.63, 3.8) is 0 Å². The molecule has 3 aliphatic rings. The van der Waals surface area contributed by atoms with Gasteiger partial charge in [0.1, 0.15) is 5.82 Å². The molecule has 6 rings (SSSR count). The molecule has 1 aromatic carbocycles. The molecule has 5 heterocycles. The van der Waals surface area contributed by atoms with Crippen molar-refractivity contribution in [3.05, 3.63) is 35.5 Å². The molecule has 0 amide bonds. The van der Waals surface area contributed by atoms with Crippen LogP contribution in [0.2, 0.25) is 0 Å². The first-order valence-corrected chi connectivity index (χ1v) is 13.3. The molecule has 198 valence electrons. The maximum Gasteiger partial charge on any atom is 0.320 e. The first kappa shape index (κ1) is 24.5. The minimum absolute atomic E-state index is 0.0230. The summed E-state index contributed by atoms with van der Waals surface area (Å²) < 4.78 is 18.6. The summed E-state index contributed by atoms with van der Waals surface area (Å²) in [6.45, 7) is 7.99. The molecule has 0 saturated carbocycles. The molecule has 3 aliphatic heterocycles. The maximum atomic E-state index is 9.57. The van der Waals surface area contributed by atoms with E-state index in [1.54, 1.807) is 7.11 Å². The van der Waals surface area contributed by atoms with Crippen LogP contribution in [0.5, 0.6) is 6.01 Å². The van der Waals surface area contributed by atoms with Gasteiger partial charge in [-0.2, -0.15) is 15.1 Å². The van der Waals surface area contributed by atoms with Crippen molar-refractivity contribution in [1.29, 1.82) is 0 Å². The second kappa shape index (κ2) is 10.5. The Labute approximate surface area is 217 Å². The Morgan fingerprint density at radius 1 is 1.05 bits per heavy atom. The van der Waals surface area contributed by atoms with Crippen LogP contribution in [0.15, 0.2) is 24.4 Å². The van der Waals surface area contributed by atoms with Gasteiger partial charge in [-0.25, -0.2) is 4.68 Å². The lowest BCUT2D eigenvalue weighted by atomic mass is 9.86. The highest BCUT2D eigenvalue weighted by Gasteiger charge is 2.29. The van der Waals surface area contributed by atoms with Crippen molar-refractivity contribution in [3.8, 4) is 11.8 Å². The van der Waals surface area contributed by atoms with Crippen LogP contribution in [0.4, 0.5) is 5.82 Å². The Hall–Kier alpha value is -2.79. The number of aryl methyl sites for hydroxylation is 1. The highest BCUT2D eigenvalue weighted by molar-refractivity contribution is 5.82. The Balaban J connectivity index is 1.30. The molecule has 3 fully saturated rings. The number of piperidine rings is 1. The number of aromatic nitrogens is 4. The number of hydrogen-bond acceptors (Lipinski definition) is 9. The number of methoxy groups -OCH3 is 1. The summed E-state index contributed by atoms with van der Waals surface area (Å²) >= 11 is 0. The van der Waals surface area contributed by atoms with Gasteiger partial charge in [0.05, 0.1) is 44.7 Å². The van der Waals surface area contributed by atoms with Crippen LogP contribution in [-0.4, -0.2) is 102 Å². The summed E-state index contributed by atoms with van der Waals surface area (Å²) in [6, 6.07) is 7.38. The van der Waals surface area contributed by atoms with E-state index in [2.05, 4.69) is 38.8 Å². The molecule has 10 nitrogen and oxygen atoms in total. The minimum atomic E-state index is -0.234. The Morgan fingerprint density at radius 3 is 2.65 bits per heavy atom. The van der Waals surface area contributed by atoms with E-state index in [4.69, 9.17) is 19.3 Å². The molecule has 2 aromatic heterocycles. The number of likely N-dealkylation sites (tertiary alicyclic amines) is 1. The van der Waals surface area contributed by atoms with Gasteiger partial charge in [0, 0.05) is 37.2 Å². The van der Waals surface area contributed by atoms with E-state index in [1.165, 1.54) is 11.1 Å². The summed E-state index contributed by atoms with van der Waals surface area (Å²) in [5.41, 5.74) is 3.75. The maximum absolute atomic E-state index is 9.57. The van der Waals surface area contributed by atoms with E-state index in [9.17, 15) is 5.11 Å². The highest BCUT2D eigenvalue weighted by atomic mass is 16.5. The van der Waals surface area contributed by atoms with Gasteiger partial charge in [-0.3, -0.25) is 4.90 Å². The van der Waals surface area contributed by atoms with Crippen LogP contribution < -0.4 is 9.64 Å². The molecule has 10 heteroatoms. The average Bonchev–Trinajstić information content (AvgIpc) is 3.63. The zero-order valence-electron chi connectivity index (χ0n) is 21.7. The van der Waals surface area contributed by atoms with E-state index in [0.29, 0.717) is 43.5 Å². The van der Waals surface area contributed by atoms with Crippen LogP contribution in [0, 0.1) is 6.92 Å². The third kappa shape index (κ3) is 4.90.